The first-order valence-electron chi connectivity index (χ1n) is 6.65. The van der Waals surface area contributed by atoms with E-state index in [0.717, 1.165) is 12.8 Å². The maximum Gasteiger partial charge on any atom is 0.254 e. The second kappa shape index (κ2) is 7.04. The van der Waals surface area contributed by atoms with Crippen LogP contribution >= 0.6 is 0 Å². The van der Waals surface area contributed by atoms with Gasteiger partial charge < -0.3 is 15.4 Å². The minimum absolute atomic E-state index is 0.0876. The summed E-state index contributed by atoms with van der Waals surface area (Å²) in [5, 5.41) is 6.01. The van der Waals surface area contributed by atoms with Gasteiger partial charge in [0.05, 0.1) is 12.2 Å². The van der Waals surface area contributed by atoms with E-state index in [-0.39, 0.29) is 5.91 Å². The normalized spacial score (nSPS) is 15.4. The van der Waals surface area contributed by atoms with E-state index in [1.165, 1.54) is 12.8 Å². The topological polar surface area (TPSA) is 76.1 Å². The number of hydrogen-bond acceptors (Lipinski definition) is 5. The number of rotatable bonds is 6. The Labute approximate surface area is 113 Å². The zero-order chi connectivity index (χ0) is 13.5. The van der Waals surface area contributed by atoms with Crippen LogP contribution in [-0.2, 0) is 4.74 Å². The molecule has 0 radical (unpaired) electrons. The van der Waals surface area contributed by atoms with Crippen molar-refractivity contribution in [3.05, 3.63) is 18.0 Å². The summed E-state index contributed by atoms with van der Waals surface area (Å²) < 4.78 is 4.92. The van der Waals surface area contributed by atoms with Gasteiger partial charge in [0.15, 0.2) is 0 Å². The first-order valence-corrected chi connectivity index (χ1v) is 6.65. The van der Waals surface area contributed by atoms with E-state index < -0.39 is 0 Å². The molecule has 1 aliphatic rings. The fourth-order valence-corrected chi connectivity index (χ4v) is 2.14. The van der Waals surface area contributed by atoms with E-state index in [1.54, 1.807) is 19.5 Å². The van der Waals surface area contributed by atoms with Crippen LogP contribution in [0.15, 0.2) is 12.4 Å². The van der Waals surface area contributed by atoms with Crippen molar-refractivity contribution in [2.45, 2.75) is 31.7 Å². The second-order valence-corrected chi connectivity index (χ2v) is 4.67. The highest BCUT2D eigenvalue weighted by Gasteiger charge is 2.18. The summed E-state index contributed by atoms with van der Waals surface area (Å²) in [5.41, 5.74) is 0.504. The number of aromatic nitrogens is 2. The molecule has 1 aromatic rings. The van der Waals surface area contributed by atoms with Gasteiger partial charge >= 0.3 is 0 Å². The highest BCUT2D eigenvalue weighted by Crippen LogP contribution is 2.18. The lowest BCUT2D eigenvalue weighted by atomic mass is 10.2. The lowest BCUT2D eigenvalue weighted by Crippen LogP contribution is -2.32. The number of nitrogens with zero attached hydrogens (tertiary/aromatic N) is 2. The van der Waals surface area contributed by atoms with Crippen LogP contribution in [0, 0.1) is 0 Å². The van der Waals surface area contributed by atoms with Gasteiger partial charge in [0.2, 0.25) is 5.95 Å². The number of ether oxygens (including phenoxy) is 1. The molecule has 1 fully saturated rings. The van der Waals surface area contributed by atoms with Gasteiger partial charge in [-0.25, -0.2) is 9.97 Å². The molecule has 0 aromatic carbocycles. The number of anilines is 1. The number of carbonyl (C=O) groups is 1. The molecular weight excluding hydrogens is 244 g/mol. The molecule has 1 aliphatic carbocycles. The zero-order valence-corrected chi connectivity index (χ0v) is 11.2. The van der Waals surface area contributed by atoms with Crippen LogP contribution in [0.3, 0.4) is 0 Å². The first-order chi connectivity index (χ1) is 9.29. The molecule has 2 rings (SSSR count). The average molecular weight is 264 g/mol. The van der Waals surface area contributed by atoms with Crippen LogP contribution < -0.4 is 10.6 Å². The van der Waals surface area contributed by atoms with E-state index in [0.29, 0.717) is 30.7 Å². The van der Waals surface area contributed by atoms with Crippen molar-refractivity contribution < 1.29 is 9.53 Å². The van der Waals surface area contributed by atoms with Crippen molar-refractivity contribution in [1.82, 2.24) is 15.3 Å². The Bertz CT molecular complexity index is 402. The van der Waals surface area contributed by atoms with E-state index in [4.69, 9.17) is 4.74 Å². The van der Waals surface area contributed by atoms with Crippen molar-refractivity contribution in [1.29, 1.82) is 0 Å². The first kappa shape index (κ1) is 13.7. The van der Waals surface area contributed by atoms with E-state index in [9.17, 15) is 4.79 Å². The molecule has 1 aromatic heterocycles. The van der Waals surface area contributed by atoms with E-state index >= 15 is 0 Å². The van der Waals surface area contributed by atoms with Crippen LogP contribution in [0.2, 0.25) is 0 Å². The van der Waals surface area contributed by atoms with Crippen molar-refractivity contribution in [3.63, 3.8) is 0 Å². The molecule has 0 saturated heterocycles. The fraction of sp³-hybridized carbons (Fsp3) is 0.615. The molecule has 0 spiro atoms. The SMILES string of the molecule is COCCNc1ncc(C(=O)NC2CCCC2)cn1. The van der Waals surface area contributed by atoms with Crippen LogP contribution in [0.1, 0.15) is 36.0 Å². The van der Waals surface area contributed by atoms with Gasteiger partial charge in [-0.15, -0.1) is 0 Å². The highest BCUT2D eigenvalue weighted by atomic mass is 16.5. The molecular formula is C13H20N4O2. The summed E-state index contributed by atoms with van der Waals surface area (Å²) in [6.07, 6.45) is 7.64. The predicted molar refractivity (Wildman–Crippen MR) is 72.1 cm³/mol. The van der Waals surface area contributed by atoms with Crippen LogP contribution in [-0.4, -0.2) is 42.2 Å². The largest absolute Gasteiger partial charge is 0.383 e. The van der Waals surface area contributed by atoms with Gasteiger partial charge in [0, 0.05) is 32.1 Å². The van der Waals surface area contributed by atoms with Crippen LogP contribution in [0.25, 0.3) is 0 Å². The average Bonchev–Trinajstić information content (AvgIpc) is 2.93. The van der Waals surface area contributed by atoms with Gasteiger partial charge in [0.25, 0.3) is 5.91 Å². The Morgan fingerprint density at radius 3 is 2.68 bits per heavy atom. The third-order valence-corrected chi connectivity index (χ3v) is 3.19. The standard InChI is InChI=1S/C13H20N4O2/c1-19-7-6-14-13-15-8-10(9-16-13)12(18)17-11-4-2-3-5-11/h8-9,11H,2-7H2,1H3,(H,17,18)(H,14,15,16). The summed E-state index contributed by atoms with van der Waals surface area (Å²) in [6, 6.07) is 0.312. The molecule has 0 bridgehead atoms. The molecule has 0 unspecified atom stereocenters. The quantitative estimate of drug-likeness (QED) is 0.755. The lowest BCUT2D eigenvalue weighted by molar-refractivity contribution is 0.0937. The number of hydrogen-bond donors (Lipinski definition) is 2. The number of carbonyl (C=O) groups excluding carboxylic acids is 1. The molecule has 104 valence electrons. The monoisotopic (exact) mass is 264 g/mol. The summed E-state index contributed by atoms with van der Waals surface area (Å²) in [5.74, 6) is 0.421. The van der Waals surface area contributed by atoms with Crippen molar-refractivity contribution in [3.8, 4) is 0 Å². The van der Waals surface area contributed by atoms with Crippen molar-refractivity contribution >= 4 is 11.9 Å². The number of methoxy groups -OCH3 is 1. The molecule has 1 heterocycles. The minimum Gasteiger partial charge on any atom is -0.383 e. The van der Waals surface area contributed by atoms with Gasteiger partial charge in [-0.1, -0.05) is 12.8 Å². The molecule has 19 heavy (non-hydrogen) atoms. The fourth-order valence-electron chi connectivity index (χ4n) is 2.14. The van der Waals surface area contributed by atoms with Crippen LogP contribution in [0.4, 0.5) is 5.95 Å². The Kier molecular flexibility index (Phi) is 5.09. The molecule has 6 nitrogen and oxygen atoms in total. The Balaban J connectivity index is 1.84. The van der Waals surface area contributed by atoms with Gasteiger partial charge in [-0.2, -0.15) is 0 Å². The Morgan fingerprint density at radius 1 is 1.37 bits per heavy atom. The van der Waals surface area contributed by atoms with Crippen LogP contribution in [0.5, 0.6) is 0 Å². The molecule has 1 amide bonds. The number of amides is 1. The Hall–Kier alpha value is -1.69. The molecule has 1 saturated carbocycles. The maximum atomic E-state index is 11.9. The molecule has 0 aliphatic heterocycles. The zero-order valence-electron chi connectivity index (χ0n) is 11.2. The van der Waals surface area contributed by atoms with E-state index in [1.807, 2.05) is 0 Å². The van der Waals surface area contributed by atoms with Gasteiger partial charge in [-0.05, 0) is 12.8 Å². The second-order valence-electron chi connectivity index (χ2n) is 4.67. The lowest BCUT2D eigenvalue weighted by Gasteiger charge is -2.11. The van der Waals surface area contributed by atoms with Gasteiger partial charge in [0.1, 0.15) is 0 Å². The summed E-state index contributed by atoms with van der Waals surface area (Å²) in [7, 11) is 1.64. The molecule has 2 N–H and O–H groups in total. The predicted octanol–water partition coefficient (Wildman–Crippen LogP) is 1.21. The summed E-state index contributed by atoms with van der Waals surface area (Å²) >= 11 is 0. The maximum absolute atomic E-state index is 11.9. The minimum atomic E-state index is -0.0876. The number of nitrogens with one attached hydrogen (secondary N) is 2. The molecule has 6 heteroatoms. The van der Waals surface area contributed by atoms with E-state index in [2.05, 4.69) is 20.6 Å². The summed E-state index contributed by atoms with van der Waals surface area (Å²) in [4.78, 5) is 20.2. The van der Waals surface area contributed by atoms with Crippen molar-refractivity contribution in [2.24, 2.45) is 0 Å². The smallest absolute Gasteiger partial charge is 0.254 e. The Morgan fingerprint density at radius 2 is 2.05 bits per heavy atom. The third-order valence-electron chi connectivity index (χ3n) is 3.19. The van der Waals surface area contributed by atoms with Crippen molar-refractivity contribution in [2.75, 3.05) is 25.6 Å². The highest BCUT2D eigenvalue weighted by molar-refractivity contribution is 5.93. The summed E-state index contributed by atoms with van der Waals surface area (Å²) in [6.45, 7) is 1.23. The molecule has 0 atom stereocenters. The third kappa shape index (κ3) is 4.17. The van der Waals surface area contributed by atoms with Gasteiger partial charge in [-0.3, -0.25) is 4.79 Å².